The predicted molar refractivity (Wildman–Crippen MR) is 130 cm³/mol. The Bertz CT molecular complexity index is 1370. The monoisotopic (exact) mass is 461 g/mol. The molecule has 1 fully saturated rings. The fraction of sp³-hybridized carbons (Fsp3) is 0.280. The lowest BCUT2D eigenvalue weighted by molar-refractivity contribution is 0.313. The van der Waals surface area contributed by atoms with E-state index in [9.17, 15) is 8.42 Å². The minimum absolute atomic E-state index is 0.314. The van der Waals surface area contributed by atoms with Gasteiger partial charge in [0.15, 0.2) is 21.3 Å². The smallest absolute Gasteiger partial charge is 0.175 e. The third-order valence-corrected chi connectivity index (χ3v) is 7.29. The molecule has 1 aliphatic heterocycles. The van der Waals surface area contributed by atoms with Gasteiger partial charge in [-0.15, -0.1) is 0 Å². The van der Waals surface area contributed by atoms with Gasteiger partial charge in [0.25, 0.3) is 0 Å². The average Bonchev–Trinajstić information content (AvgIpc) is 3.21. The summed E-state index contributed by atoms with van der Waals surface area (Å²) in [6.07, 6.45) is 3.81. The summed E-state index contributed by atoms with van der Waals surface area (Å²) in [7, 11) is -1.04. The molecule has 0 saturated carbocycles. The van der Waals surface area contributed by atoms with Crippen molar-refractivity contribution >= 4 is 21.2 Å². The zero-order valence-corrected chi connectivity index (χ0v) is 19.7. The van der Waals surface area contributed by atoms with Crippen molar-refractivity contribution in [1.29, 1.82) is 0 Å². The highest BCUT2D eigenvalue weighted by Gasteiger charge is 2.14. The molecule has 170 valence electrons. The average molecular weight is 462 g/mol. The summed E-state index contributed by atoms with van der Waals surface area (Å²) >= 11 is 0. The Morgan fingerprint density at radius 2 is 1.52 bits per heavy atom. The molecule has 0 atom stereocenters. The summed E-state index contributed by atoms with van der Waals surface area (Å²) < 4.78 is 25.2. The van der Waals surface area contributed by atoms with Gasteiger partial charge in [-0.1, -0.05) is 24.3 Å². The maximum absolute atomic E-state index is 11.7. The molecule has 2 aromatic heterocycles. The van der Waals surface area contributed by atoms with E-state index in [1.54, 1.807) is 16.6 Å². The van der Waals surface area contributed by atoms with Gasteiger partial charge in [-0.2, -0.15) is 5.10 Å². The normalized spacial score (nSPS) is 15.3. The van der Waals surface area contributed by atoms with Crippen molar-refractivity contribution in [2.75, 3.05) is 44.4 Å². The van der Waals surface area contributed by atoms with Crippen LogP contribution < -0.4 is 4.90 Å². The first-order chi connectivity index (χ1) is 15.8. The number of likely N-dealkylation sites (N-methyl/N-ethyl adjacent to an activating group) is 1. The molecule has 0 bridgehead atoms. The lowest BCUT2D eigenvalue weighted by Crippen LogP contribution is -2.44. The molecule has 5 rings (SSSR count). The fourth-order valence-electron chi connectivity index (χ4n) is 4.14. The third-order valence-electron chi connectivity index (χ3n) is 6.16. The van der Waals surface area contributed by atoms with E-state index in [1.807, 2.05) is 30.5 Å². The highest BCUT2D eigenvalue weighted by Crippen LogP contribution is 2.23. The van der Waals surface area contributed by atoms with Gasteiger partial charge >= 0.3 is 0 Å². The number of aromatic nitrogens is 3. The molecule has 0 aliphatic carbocycles. The van der Waals surface area contributed by atoms with Crippen molar-refractivity contribution in [3.8, 4) is 11.1 Å². The van der Waals surface area contributed by atoms with E-state index in [-0.39, 0.29) is 0 Å². The first-order valence-corrected chi connectivity index (χ1v) is 12.9. The number of hydrogen-bond acceptors (Lipinski definition) is 6. The first kappa shape index (κ1) is 21.6. The van der Waals surface area contributed by atoms with E-state index in [0.29, 0.717) is 11.3 Å². The Kier molecular flexibility index (Phi) is 5.64. The van der Waals surface area contributed by atoms with Crippen LogP contribution in [0.2, 0.25) is 0 Å². The van der Waals surface area contributed by atoms with E-state index in [2.05, 4.69) is 51.2 Å². The fourth-order valence-corrected chi connectivity index (χ4v) is 4.77. The van der Waals surface area contributed by atoms with Gasteiger partial charge in [-0.05, 0) is 54.6 Å². The number of benzene rings is 2. The van der Waals surface area contributed by atoms with Crippen LogP contribution >= 0.6 is 0 Å². The second kappa shape index (κ2) is 8.61. The second-order valence-corrected chi connectivity index (χ2v) is 10.7. The number of fused-ring (bicyclic) bond motifs is 1. The SMILES string of the molecule is CN1CCN(c2ccc(Cc3nc4ccc(-c5ccc(S(C)(=O)=O)cc5)cn4n3)cc2)CC1. The molecule has 0 unspecified atom stereocenters. The van der Waals surface area contributed by atoms with Gasteiger partial charge in [-0.3, -0.25) is 0 Å². The van der Waals surface area contributed by atoms with Crippen LogP contribution in [0.5, 0.6) is 0 Å². The highest BCUT2D eigenvalue weighted by molar-refractivity contribution is 7.90. The quantitative estimate of drug-likeness (QED) is 0.455. The molecular weight excluding hydrogens is 434 g/mol. The van der Waals surface area contributed by atoms with E-state index in [1.165, 1.54) is 17.5 Å². The number of rotatable bonds is 5. The maximum Gasteiger partial charge on any atom is 0.175 e. The second-order valence-electron chi connectivity index (χ2n) is 8.68. The molecule has 1 aliphatic rings. The van der Waals surface area contributed by atoms with Crippen molar-refractivity contribution in [3.63, 3.8) is 0 Å². The molecule has 0 spiro atoms. The topological polar surface area (TPSA) is 70.8 Å². The van der Waals surface area contributed by atoms with Crippen molar-refractivity contribution in [3.05, 3.63) is 78.2 Å². The first-order valence-electron chi connectivity index (χ1n) is 11.0. The third kappa shape index (κ3) is 4.77. The van der Waals surface area contributed by atoms with Crippen LogP contribution in [0.15, 0.2) is 71.8 Å². The Balaban J connectivity index is 1.32. The van der Waals surface area contributed by atoms with E-state index in [4.69, 9.17) is 0 Å². The van der Waals surface area contributed by atoms with Gasteiger partial charge < -0.3 is 9.80 Å². The van der Waals surface area contributed by atoms with Gasteiger partial charge in [0, 0.05) is 56.3 Å². The summed E-state index contributed by atoms with van der Waals surface area (Å²) in [4.78, 5) is 9.76. The van der Waals surface area contributed by atoms with Crippen LogP contribution in [0.4, 0.5) is 5.69 Å². The lowest BCUT2D eigenvalue weighted by Gasteiger charge is -2.34. The van der Waals surface area contributed by atoms with Crippen LogP contribution in [0.3, 0.4) is 0 Å². The summed E-state index contributed by atoms with van der Waals surface area (Å²) in [5, 5.41) is 4.67. The molecule has 0 amide bonds. The number of piperazine rings is 1. The molecule has 8 heteroatoms. The Morgan fingerprint density at radius 1 is 0.848 bits per heavy atom. The van der Waals surface area contributed by atoms with Crippen LogP contribution in [0, 0.1) is 0 Å². The van der Waals surface area contributed by atoms with Crippen molar-refractivity contribution in [2.24, 2.45) is 0 Å². The Labute approximate surface area is 194 Å². The minimum Gasteiger partial charge on any atom is -0.369 e. The standard InChI is InChI=1S/C25H27N5O2S/c1-28-13-15-29(16-14-28)22-8-3-19(4-9-22)17-24-26-25-12-7-21(18-30(25)27-24)20-5-10-23(11-6-20)33(2,31)32/h3-12,18H,13-17H2,1-2H3. The number of nitrogens with zero attached hydrogens (tertiary/aromatic N) is 5. The van der Waals surface area contributed by atoms with E-state index in [0.717, 1.165) is 48.8 Å². The van der Waals surface area contributed by atoms with Crippen molar-refractivity contribution in [1.82, 2.24) is 19.5 Å². The molecule has 0 N–H and O–H groups in total. The van der Waals surface area contributed by atoms with Crippen LogP contribution in [0.25, 0.3) is 16.8 Å². The van der Waals surface area contributed by atoms with Gasteiger partial charge in [0.2, 0.25) is 0 Å². The molecule has 7 nitrogen and oxygen atoms in total. The summed E-state index contributed by atoms with van der Waals surface area (Å²) in [5.74, 6) is 0.770. The molecule has 2 aromatic carbocycles. The number of pyridine rings is 1. The Morgan fingerprint density at radius 3 is 2.18 bits per heavy atom. The zero-order valence-electron chi connectivity index (χ0n) is 18.8. The number of anilines is 1. The molecule has 33 heavy (non-hydrogen) atoms. The van der Waals surface area contributed by atoms with Crippen LogP contribution in [0.1, 0.15) is 11.4 Å². The van der Waals surface area contributed by atoms with E-state index >= 15 is 0 Å². The van der Waals surface area contributed by atoms with Crippen molar-refractivity contribution in [2.45, 2.75) is 11.3 Å². The molecule has 1 saturated heterocycles. The summed E-state index contributed by atoms with van der Waals surface area (Å²) in [6.45, 7) is 4.31. The lowest BCUT2D eigenvalue weighted by atomic mass is 10.1. The van der Waals surface area contributed by atoms with Crippen LogP contribution in [-0.4, -0.2) is 67.4 Å². The maximum atomic E-state index is 11.7. The minimum atomic E-state index is -3.21. The molecule has 0 radical (unpaired) electrons. The van der Waals surface area contributed by atoms with Gasteiger partial charge in [0.05, 0.1) is 4.90 Å². The summed E-state index contributed by atoms with van der Waals surface area (Å²) in [5.41, 5.74) is 5.12. The zero-order chi connectivity index (χ0) is 23.0. The molecule has 3 heterocycles. The van der Waals surface area contributed by atoms with Gasteiger partial charge in [0.1, 0.15) is 0 Å². The molecular formula is C25H27N5O2S. The van der Waals surface area contributed by atoms with E-state index < -0.39 is 9.84 Å². The summed E-state index contributed by atoms with van der Waals surface area (Å²) in [6, 6.07) is 19.5. The van der Waals surface area contributed by atoms with Gasteiger partial charge in [-0.25, -0.2) is 17.9 Å². The largest absolute Gasteiger partial charge is 0.369 e. The van der Waals surface area contributed by atoms with Crippen molar-refractivity contribution < 1.29 is 8.42 Å². The highest BCUT2D eigenvalue weighted by atomic mass is 32.2. The predicted octanol–water partition coefficient (Wildman–Crippen LogP) is 3.14. The number of hydrogen-bond donors (Lipinski definition) is 0. The van der Waals surface area contributed by atoms with Crippen LogP contribution in [-0.2, 0) is 16.3 Å². The molecule has 4 aromatic rings. The number of sulfone groups is 1. The Hall–Kier alpha value is -3.23.